The molecule has 2 aromatic carbocycles. The monoisotopic (exact) mass is 328 g/mol. The van der Waals surface area contributed by atoms with Gasteiger partial charge in [0.15, 0.2) is 5.60 Å². The molecule has 3 N–H and O–H groups in total. The van der Waals surface area contributed by atoms with E-state index in [0.29, 0.717) is 17.0 Å². The molecule has 1 atom stereocenters. The number of nitrogens with one attached hydrogen (secondary N) is 1. The highest BCUT2D eigenvalue weighted by Gasteiger charge is 2.35. The van der Waals surface area contributed by atoms with E-state index in [4.69, 9.17) is 15.2 Å². The van der Waals surface area contributed by atoms with Crippen molar-refractivity contribution in [2.75, 3.05) is 19.5 Å². The summed E-state index contributed by atoms with van der Waals surface area (Å²) >= 11 is 0. The van der Waals surface area contributed by atoms with Gasteiger partial charge < -0.3 is 20.5 Å². The van der Waals surface area contributed by atoms with Crippen LogP contribution < -0.4 is 15.8 Å². The van der Waals surface area contributed by atoms with Crippen LogP contribution in [0.3, 0.4) is 0 Å². The number of rotatable bonds is 6. The summed E-state index contributed by atoms with van der Waals surface area (Å²) in [6, 6.07) is 13.7. The third-order valence-electron chi connectivity index (χ3n) is 3.90. The second-order valence-electron chi connectivity index (χ2n) is 5.34. The number of carbonyl (C=O) groups excluding carboxylic acids is 2. The fourth-order valence-electron chi connectivity index (χ4n) is 2.30. The first-order chi connectivity index (χ1) is 11.4. The molecule has 0 bridgehead atoms. The lowest BCUT2D eigenvalue weighted by Crippen LogP contribution is -2.39. The average molecular weight is 328 g/mol. The third kappa shape index (κ3) is 3.38. The molecule has 2 amide bonds. The zero-order valence-corrected chi connectivity index (χ0v) is 13.8. The molecule has 0 fully saturated rings. The van der Waals surface area contributed by atoms with E-state index in [-0.39, 0.29) is 5.56 Å². The maximum Gasteiger partial charge on any atom is 0.261 e. The highest BCUT2D eigenvalue weighted by atomic mass is 16.5. The van der Waals surface area contributed by atoms with Crippen molar-refractivity contribution in [3.8, 4) is 5.75 Å². The predicted molar refractivity (Wildman–Crippen MR) is 90.9 cm³/mol. The molecular formula is C18H20N2O4. The van der Waals surface area contributed by atoms with Crippen LogP contribution in [0.25, 0.3) is 0 Å². The van der Waals surface area contributed by atoms with Crippen LogP contribution in [0.15, 0.2) is 48.5 Å². The number of nitrogens with two attached hydrogens (primary N) is 1. The number of primary amides is 1. The molecule has 0 radical (unpaired) electrons. The fourth-order valence-corrected chi connectivity index (χ4v) is 2.30. The van der Waals surface area contributed by atoms with Gasteiger partial charge >= 0.3 is 0 Å². The molecule has 0 unspecified atom stereocenters. The molecule has 0 aliphatic heterocycles. The van der Waals surface area contributed by atoms with Crippen LogP contribution in [-0.4, -0.2) is 26.0 Å². The van der Waals surface area contributed by atoms with Crippen LogP contribution >= 0.6 is 0 Å². The quantitative estimate of drug-likeness (QED) is 0.851. The molecule has 0 saturated heterocycles. The molecule has 6 heteroatoms. The minimum absolute atomic E-state index is 0.268. The molecule has 6 nitrogen and oxygen atoms in total. The van der Waals surface area contributed by atoms with Gasteiger partial charge in [-0.1, -0.05) is 30.3 Å². The topological polar surface area (TPSA) is 90.6 Å². The lowest BCUT2D eigenvalue weighted by atomic mass is 9.94. The van der Waals surface area contributed by atoms with Gasteiger partial charge in [-0.2, -0.15) is 0 Å². The van der Waals surface area contributed by atoms with E-state index in [1.807, 2.05) is 18.2 Å². The van der Waals surface area contributed by atoms with E-state index in [9.17, 15) is 9.59 Å². The first-order valence-electron chi connectivity index (χ1n) is 7.32. The van der Waals surface area contributed by atoms with Gasteiger partial charge in [0.05, 0.1) is 12.8 Å². The molecular weight excluding hydrogens is 308 g/mol. The van der Waals surface area contributed by atoms with Crippen molar-refractivity contribution in [3.05, 3.63) is 59.7 Å². The smallest absolute Gasteiger partial charge is 0.261 e. The lowest BCUT2D eigenvalue weighted by molar-refractivity contribution is -0.136. The summed E-state index contributed by atoms with van der Waals surface area (Å²) in [6.07, 6.45) is 0. The molecule has 0 aliphatic carbocycles. The Labute approximate surface area is 140 Å². The number of hydrogen-bond donors (Lipinski definition) is 2. The normalized spacial score (nSPS) is 13.0. The Morgan fingerprint density at radius 1 is 1.08 bits per heavy atom. The van der Waals surface area contributed by atoms with E-state index in [1.54, 1.807) is 25.1 Å². The summed E-state index contributed by atoms with van der Waals surface area (Å²) in [5, 5.41) is 2.75. The second kappa shape index (κ2) is 7.14. The maximum atomic E-state index is 12.8. The van der Waals surface area contributed by atoms with Crippen molar-refractivity contribution >= 4 is 17.5 Å². The molecule has 0 spiro atoms. The Morgan fingerprint density at radius 2 is 1.75 bits per heavy atom. The average Bonchev–Trinajstić information content (AvgIpc) is 2.61. The van der Waals surface area contributed by atoms with Gasteiger partial charge in [0.2, 0.25) is 5.91 Å². The van der Waals surface area contributed by atoms with Gasteiger partial charge in [-0.25, -0.2) is 0 Å². The van der Waals surface area contributed by atoms with Crippen molar-refractivity contribution < 1.29 is 19.1 Å². The number of ether oxygens (including phenoxy) is 2. The van der Waals surface area contributed by atoms with Gasteiger partial charge in [-0.3, -0.25) is 9.59 Å². The van der Waals surface area contributed by atoms with Gasteiger partial charge in [0.25, 0.3) is 5.91 Å². The minimum atomic E-state index is -1.20. The number of amides is 2. The van der Waals surface area contributed by atoms with Crippen molar-refractivity contribution in [2.45, 2.75) is 12.5 Å². The molecule has 0 heterocycles. The Bertz CT molecular complexity index is 746. The van der Waals surface area contributed by atoms with Crippen molar-refractivity contribution in [1.29, 1.82) is 0 Å². The van der Waals surface area contributed by atoms with E-state index < -0.39 is 17.4 Å². The summed E-state index contributed by atoms with van der Waals surface area (Å²) in [7, 11) is 2.94. The van der Waals surface area contributed by atoms with Crippen molar-refractivity contribution in [3.63, 3.8) is 0 Å². The first kappa shape index (κ1) is 17.5. The Balaban J connectivity index is 2.37. The van der Waals surface area contributed by atoms with Crippen LogP contribution in [0.2, 0.25) is 0 Å². The van der Waals surface area contributed by atoms with E-state index in [2.05, 4.69) is 5.32 Å². The third-order valence-corrected chi connectivity index (χ3v) is 3.90. The number of carbonyl (C=O) groups is 2. The van der Waals surface area contributed by atoms with E-state index in [0.717, 1.165) is 0 Å². The highest BCUT2D eigenvalue weighted by Crippen LogP contribution is 2.30. The molecule has 0 aromatic heterocycles. The van der Waals surface area contributed by atoms with Gasteiger partial charge in [0.1, 0.15) is 5.75 Å². The van der Waals surface area contributed by atoms with Gasteiger partial charge in [-0.15, -0.1) is 0 Å². The standard InChI is InChI=1S/C18H20N2O4/c1-18(24-3,13-7-5-4-6-8-13)17(22)20-14-11-12(16(19)21)9-10-15(14)23-2/h4-11H,1-3H3,(H2,19,21)(H,20,22)/t18-/m0/s1. The largest absolute Gasteiger partial charge is 0.495 e. The Kier molecular flexibility index (Phi) is 5.21. The molecule has 2 aromatic rings. The Hall–Kier alpha value is -2.86. The number of methoxy groups -OCH3 is 2. The number of benzene rings is 2. The number of hydrogen-bond acceptors (Lipinski definition) is 4. The molecule has 0 aliphatic rings. The molecule has 0 saturated carbocycles. The van der Waals surface area contributed by atoms with Gasteiger partial charge in [0, 0.05) is 12.7 Å². The predicted octanol–water partition coefficient (Wildman–Crippen LogP) is 2.29. The van der Waals surface area contributed by atoms with Crippen LogP contribution in [0.5, 0.6) is 5.75 Å². The Morgan fingerprint density at radius 3 is 2.29 bits per heavy atom. The summed E-state index contributed by atoms with van der Waals surface area (Å²) < 4.78 is 10.7. The summed E-state index contributed by atoms with van der Waals surface area (Å²) in [5.41, 5.74) is 5.41. The molecule has 126 valence electrons. The van der Waals surface area contributed by atoms with Crippen LogP contribution in [0.1, 0.15) is 22.8 Å². The molecule has 24 heavy (non-hydrogen) atoms. The van der Waals surface area contributed by atoms with Crippen LogP contribution in [0.4, 0.5) is 5.69 Å². The van der Waals surface area contributed by atoms with Crippen molar-refractivity contribution in [1.82, 2.24) is 0 Å². The highest BCUT2D eigenvalue weighted by molar-refractivity contribution is 6.01. The zero-order valence-electron chi connectivity index (χ0n) is 13.8. The first-order valence-corrected chi connectivity index (χ1v) is 7.32. The zero-order chi connectivity index (χ0) is 17.7. The van der Waals surface area contributed by atoms with Gasteiger partial charge in [-0.05, 0) is 30.7 Å². The summed E-state index contributed by atoms with van der Waals surface area (Å²) in [6.45, 7) is 1.67. The summed E-state index contributed by atoms with van der Waals surface area (Å²) in [4.78, 5) is 24.2. The van der Waals surface area contributed by atoms with Crippen molar-refractivity contribution in [2.24, 2.45) is 5.73 Å². The molecule has 2 rings (SSSR count). The van der Waals surface area contributed by atoms with E-state index in [1.165, 1.54) is 26.4 Å². The van der Waals surface area contributed by atoms with E-state index >= 15 is 0 Å². The number of anilines is 1. The fraction of sp³-hybridized carbons (Fsp3) is 0.222. The van der Waals surface area contributed by atoms with Crippen LogP contribution in [-0.2, 0) is 15.1 Å². The maximum absolute atomic E-state index is 12.8. The SMILES string of the molecule is COc1ccc(C(N)=O)cc1NC(=O)[C@@](C)(OC)c1ccccc1. The minimum Gasteiger partial charge on any atom is -0.495 e. The summed E-state index contributed by atoms with van der Waals surface area (Å²) in [5.74, 6) is -0.568. The van der Waals surface area contributed by atoms with Crippen LogP contribution in [0, 0.1) is 0 Å². The lowest BCUT2D eigenvalue weighted by Gasteiger charge is -2.27. The second-order valence-corrected chi connectivity index (χ2v) is 5.34.